The van der Waals surface area contributed by atoms with Gasteiger partial charge >= 0.3 is 5.69 Å². The fraction of sp³-hybridized carbons (Fsp3) is 0.500. The molecule has 6 heteroatoms. The van der Waals surface area contributed by atoms with Crippen LogP contribution in [0.5, 0.6) is 0 Å². The Kier molecular flexibility index (Phi) is 3.61. The van der Waals surface area contributed by atoms with Crippen LogP contribution in [0, 0.1) is 0 Å². The predicted octanol–water partition coefficient (Wildman–Crippen LogP) is 1.67. The van der Waals surface area contributed by atoms with Crippen molar-refractivity contribution < 1.29 is 0 Å². The molecule has 0 saturated carbocycles. The largest absolute Gasteiger partial charge is 0.328 e. The Bertz CT molecular complexity index is 608. The smallest absolute Gasteiger partial charge is 0.302 e. The van der Waals surface area contributed by atoms with E-state index in [2.05, 4.69) is 5.10 Å². The summed E-state index contributed by atoms with van der Waals surface area (Å²) in [6, 6.07) is 0. The van der Waals surface area contributed by atoms with E-state index in [1.54, 1.807) is 28.6 Å². The number of halogens is 1. The summed E-state index contributed by atoms with van der Waals surface area (Å²) < 4.78 is 5.04. The minimum Gasteiger partial charge on any atom is -0.302 e. The van der Waals surface area contributed by atoms with Crippen molar-refractivity contribution in [3.63, 3.8) is 0 Å². The van der Waals surface area contributed by atoms with Gasteiger partial charge in [0.1, 0.15) is 0 Å². The molecule has 5 nitrogen and oxygen atoms in total. The van der Waals surface area contributed by atoms with Gasteiger partial charge in [0.05, 0.1) is 23.0 Å². The average molecular weight is 269 g/mol. The summed E-state index contributed by atoms with van der Waals surface area (Å²) in [7, 11) is 1.73. The number of imidazole rings is 1. The third kappa shape index (κ3) is 2.10. The Balaban J connectivity index is 2.42. The van der Waals surface area contributed by atoms with Gasteiger partial charge in [-0.15, -0.1) is 0 Å². The minimum absolute atomic E-state index is 0.0482. The van der Waals surface area contributed by atoms with Gasteiger partial charge in [-0.1, -0.05) is 18.5 Å². The molecule has 0 amide bonds. The first kappa shape index (κ1) is 13.0. The second-order valence-corrected chi connectivity index (χ2v) is 4.57. The molecule has 0 radical (unpaired) electrons. The zero-order chi connectivity index (χ0) is 13.3. The van der Waals surface area contributed by atoms with Gasteiger partial charge in [0.2, 0.25) is 0 Å². The molecule has 0 fully saturated rings. The topological polar surface area (TPSA) is 44.8 Å². The zero-order valence-electron chi connectivity index (χ0n) is 10.9. The summed E-state index contributed by atoms with van der Waals surface area (Å²) in [5.41, 5.74) is 1.73. The Morgan fingerprint density at radius 1 is 1.33 bits per heavy atom. The molecule has 98 valence electrons. The number of aryl methyl sites for hydroxylation is 3. The summed E-state index contributed by atoms with van der Waals surface area (Å²) in [4.78, 5) is 11.8. The highest BCUT2D eigenvalue weighted by atomic mass is 35.5. The van der Waals surface area contributed by atoms with E-state index in [1.807, 2.05) is 18.5 Å². The predicted molar refractivity (Wildman–Crippen MR) is 71.1 cm³/mol. The molecule has 2 aromatic heterocycles. The van der Waals surface area contributed by atoms with Crippen LogP contribution in [0.25, 0.3) is 0 Å². The molecule has 0 aliphatic rings. The lowest BCUT2D eigenvalue weighted by atomic mass is 10.3. The third-order valence-corrected chi connectivity index (χ3v) is 3.47. The van der Waals surface area contributed by atoms with E-state index in [-0.39, 0.29) is 5.69 Å². The number of aromatic nitrogens is 4. The monoisotopic (exact) mass is 268 g/mol. The Morgan fingerprint density at radius 2 is 2.06 bits per heavy atom. The lowest BCUT2D eigenvalue weighted by Gasteiger charge is -2.05. The van der Waals surface area contributed by atoms with Crippen molar-refractivity contribution in [3.8, 4) is 0 Å². The van der Waals surface area contributed by atoms with Gasteiger partial charge in [0, 0.05) is 26.0 Å². The molecular weight excluding hydrogens is 252 g/mol. The Morgan fingerprint density at radius 3 is 2.56 bits per heavy atom. The van der Waals surface area contributed by atoms with E-state index in [1.165, 1.54) is 0 Å². The first-order chi connectivity index (χ1) is 8.58. The fourth-order valence-corrected chi connectivity index (χ4v) is 2.29. The maximum absolute atomic E-state index is 11.8. The molecule has 0 aliphatic heterocycles. The molecule has 0 bridgehead atoms. The molecule has 2 heterocycles. The van der Waals surface area contributed by atoms with Crippen LogP contribution in [-0.4, -0.2) is 18.9 Å². The van der Waals surface area contributed by atoms with E-state index >= 15 is 0 Å². The highest BCUT2D eigenvalue weighted by Gasteiger charge is 2.15. The lowest BCUT2D eigenvalue weighted by Crippen LogP contribution is -2.23. The average Bonchev–Trinajstić information content (AvgIpc) is 2.85. The van der Waals surface area contributed by atoms with Crippen LogP contribution < -0.4 is 5.69 Å². The second kappa shape index (κ2) is 5.02. The standard InChI is InChI=1S/C12H17ClN4O/c1-4-9-11(13)10(17(5-2)14-9)8-16-7-6-15(3)12(16)18/h6-7H,4-5,8H2,1-3H3. The molecule has 2 rings (SSSR count). The quantitative estimate of drug-likeness (QED) is 0.847. The van der Waals surface area contributed by atoms with Crippen molar-refractivity contribution in [3.05, 3.63) is 39.3 Å². The number of hydrogen-bond acceptors (Lipinski definition) is 2. The molecule has 0 unspecified atom stereocenters. The third-order valence-electron chi connectivity index (χ3n) is 3.03. The first-order valence-electron chi connectivity index (χ1n) is 6.04. The summed E-state index contributed by atoms with van der Waals surface area (Å²) in [6.07, 6.45) is 4.30. The molecule has 0 saturated heterocycles. The van der Waals surface area contributed by atoms with Crippen LogP contribution in [0.15, 0.2) is 17.2 Å². The van der Waals surface area contributed by atoms with Crippen molar-refractivity contribution in [2.45, 2.75) is 33.4 Å². The van der Waals surface area contributed by atoms with Crippen LogP contribution >= 0.6 is 11.6 Å². The molecule has 0 aromatic carbocycles. The number of rotatable bonds is 4. The molecular formula is C12H17ClN4O. The van der Waals surface area contributed by atoms with Crippen molar-refractivity contribution in [1.82, 2.24) is 18.9 Å². The highest BCUT2D eigenvalue weighted by molar-refractivity contribution is 6.31. The van der Waals surface area contributed by atoms with E-state index in [4.69, 9.17) is 11.6 Å². The first-order valence-corrected chi connectivity index (χ1v) is 6.42. The summed E-state index contributed by atoms with van der Waals surface area (Å²) in [5, 5.41) is 5.12. The van der Waals surface area contributed by atoms with Crippen LogP contribution in [0.1, 0.15) is 25.2 Å². The zero-order valence-corrected chi connectivity index (χ0v) is 11.6. The van der Waals surface area contributed by atoms with E-state index < -0.39 is 0 Å². The summed E-state index contributed by atoms with van der Waals surface area (Å²) in [6.45, 7) is 5.24. The normalized spacial score (nSPS) is 11.1. The van der Waals surface area contributed by atoms with Gasteiger partial charge < -0.3 is 4.57 Å². The Labute approximate surface area is 111 Å². The highest BCUT2D eigenvalue weighted by Crippen LogP contribution is 2.22. The van der Waals surface area contributed by atoms with Crippen LogP contribution in [0.3, 0.4) is 0 Å². The molecule has 0 N–H and O–H groups in total. The maximum atomic E-state index is 11.8. The van der Waals surface area contributed by atoms with Gasteiger partial charge in [0.25, 0.3) is 0 Å². The number of nitrogens with zero attached hydrogens (tertiary/aromatic N) is 4. The second-order valence-electron chi connectivity index (χ2n) is 4.20. The molecule has 18 heavy (non-hydrogen) atoms. The van der Waals surface area contributed by atoms with Crippen molar-refractivity contribution in [2.24, 2.45) is 7.05 Å². The Hall–Kier alpha value is -1.49. The maximum Gasteiger partial charge on any atom is 0.328 e. The van der Waals surface area contributed by atoms with Crippen LogP contribution in [0.2, 0.25) is 5.02 Å². The van der Waals surface area contributed by atoms with E-state index in [0.29, 0.717) is 11.6 Å². The SMILES string of the molecule is CCc1nn(CC)c(Cn2ccn(C)c2=O)c1Cl. The lowest BCUT2D eigenvalue weighted by molar-refractivity contribution is 0.586. The fourth-order valence-electron chi connectivity index (χ4n) is 1.96. The summed E-state index contributed by atoms with van der Waals surface area (Å²) in [5.74, 6) is 0. The van der Waals surface area contributed by atoms with Crippen molar-refractivity contribution in [2.75, 3.05) is 0 Å². The molecule has 2 aromatic rings. The van der Waals surface area contributed by atoms with Crippen molar-refractivity contribution >= 4 is 11.6 Å². The van der Waals surface area contributed by atoms with Gasteiger partial charge in [-0.3, -0.25) is 9.25 Å². The minimum atomic E-state index is -0.0482. The van der Waals surface area contributed by atoms with Gasteiger partial charge in [-0.2, -0.15) is 5.10 Å². The molecule has 0 aliphatic carbocycles. The van der Waals surface area contributed by atoms with Crippen LogP contribution in [-0.2, 0) is 26.6 Å². The van der Waals surface area contributed by atoms with Crippen LogP contribution in [0.4, 0.5) is 0 Å². The van der Waals surface area contributed by atoms with E-state index in [0.717, 1.165) is 24.4 Å². The molecule has 0 spiro atoms. The van der Waals surface area contributed by atoms with Gasteiger partial charge in [0.15, 0.2) is 0 Å². The number of hydrogen-bond donors (Lipinski definition) is 0. The van der Waals surface area contributed by atoms with Gasteiger partial charge in [-0.25, -0.2) is 4.79 Å². The van der Waals surface area contributed by atoms with Gasteiger partial charge in [-0.05, 0) is 13.3 Å². The summed E-state index contributed by atoms with van der Waals surface area (Å²) >= 11 is 6.31. The molecule has 0 atom stereocenters. The van der Waals surface area contributed by atoms with E-state index in [9.17, 15) is 4.79 Å². The van der Waals surface area contributed by atoms with Crippen molar-refractivity contribution in [1.29, 1.82) is 0 Å².